The number of thiazole rings is 1. The minimum atomic E-state index is -0.0294. The molecule has 1 aliphatic heterocycles. The summed E-state index contributed by atoms with van der Waals surface area (Å²) in [6.45, 7) is 5.23. The predicted molar refractivity (Wildman–Crippen MR) is 115 cm³/mol. The molecular formula is C23H25N3O2S. The molecule has 1 amide bonds. The molecule has 1 aromatic heterocycles. The zero-order valence-corrected chi connectivity index (χ0v) is 17.3. The summed E-state index contributed by atoms with van der Waals surface area (Å²) < 4.78 is 5.75. The zero-order valence-electron chi connectivity index (χ0n) is 16.5. The maximum absolute atomic E-state index is 12.6. The number of amides is 1. The second-order valence-electron chi connectivity index (χ2n) is 7.35. The number of rotatable bonds is 7. The first-order valence-corrected chi connectivity index (χ1v) is 10.7. The first-order chi connectivity index (χ1) is 14.2. The van der Waals surface area contributed by atoms with E-state index in [4.69, 9.17) is 4.74 Å². The van der Waals surface area contributed by atoms with E-state index in [1.165, 1.54) is 5.56 Å². The van der Waals surface area contributed by atoms with Gasteiger partial charge < -0.3 is 10.1 Å². The number of carbonyl (C=O) groups is 1. The average molecular weight is 408 g/mol. The van der Waals surface area contributed by atoms with Crippen LogP contribution in [0.25, 0.3) is 0 Å². The Morgan fingerprint density at radius 2 is 2.00 bits per heavy atom. The van der Waals surface area contributed by atoms with Crippen LogP contribution in [-0.4, -0.2) is 34.9 Å². The molecule has 6 heteroatoms. The summed E-state index contributed by atoms with van der Waals surface area (Å²) in [5.41, 5.74) is 2.89. The molecule has 1 atom stereocenters. The first kappa shape index (κ1) is 19.6. The SMILES string of the molecule is Cc1nc(COc2ccc(C(=O)N[C@H]3CCN(Cc4ccccc4)C3)cc2)cs1. The molecule has 0 saturated carbocycles. The highest BCUT2D eigenvalue weighted by Crippen LogP contribution is 2.17. The van der Waals surface area contributed by atoms with E-state index in [1.54, 1.807) is 11.3 Å². The van der Waals surface area contributed by atoms with Crippen LogP contribution >= 0.6 is 11.3 Å². The van der Waals surface area contributed by atoms with E-state index in [-0.39, 0.29) is 11.9 Å². The molecule has 1 aliphatic rings. The van der Waals surface area contributed by atoms with E-state index in [1.807, 2.05) is 42.6 Å². The Bertz CT molecular complexity index is 940. The van der Waals surface area contributed by atoms with Gasteiger partial charge in [0.25, 0.3) is 5.91 Å². The fourth-order valence-corrected chi connectivity index (χ4v) is 4.14. The minimum Gasteiger partial charge on any atom is -0.487 e. The summed E-state index contributed by atoms with van der Waals surface area (Å²) in [5.74, 6) is 0.709. The van der Waals surface area contributed by atoms with Crippen molar-refractivity contribution in [2.24, 2.45) is 0 Å². The van der Waals surface area contributed by atoms with Crippen LogP contribution in [0.4, 0.5) is 0 Å². The summed E-state index contributed by atoms with van der Waals surface area (Å²) in [6.07, 6.45) is 0.979. The average Bonchev–Trinajstić information content (AvgIpc) is 3.36. The second kappa shape index (κ2) is 9.20. The van der Waals surface area contributed by atoms with Gasteiger partial charge in [-0.05, 0) is 43.2 Å². The molecule has 150 valence electrons. The van der Waals surface area contributed by atoms with Gasteiger partial charge >= 0.3 is 0 Å². The van der Waals surface area contributed by atoms with E-state index in [2.05, 4.69) is 39.5 Å². The number of hydrogen-bond donors (Lipinski definition) is 1. The normalized spacial score (nSPS) is 16.7. The summed E-state index contributed by atoms with van der Waals surface area (Å²) in [5, 5.41) is 6.19. The topological polar surface area (TPSA) is 54.5 Å². The Kier molecular flexibility index (Phi) is 6.22. The Balaban J connectivity index is 1.25. The standard InChI is InChI=1S/C23H25N3O2S/c1-17-24-21(16-29-17)15-28-22-9-7-19(8-10-22)23(27)25-20-11-12-26(14-20)13-18-5-3-2-4-6-18/h2-10,16,20H,11-15H2,1H3,(H,25,27)/t20-/m0/s1. The van der Waals surface area contributed by atoms with Crippen molar-refractivity contribution in [2.75, 3.05) is 13.1 Å². The van der Waals surface area contributed by atoms with E-state index in [0.717, 1.165) is 42.5 Å². The van der Waals surface area contributed by atoms with Gasteiger partial charge in [0, 0.05) is 36.6 Å². The molecule has 0 aliphatic carbocycles. The number of benzene rings is 2. The fourth-order valence-electron chi connectivity index (χ4n) is 3.54. The van der Waals surface area contributed by atoms with Crippen LogP contribution in [0, 0.1) is 6.92 Å². The minimum absolute atomic E-state index is 0.0294. The van der Waals surface area contributed by atoms with Gasteiger partial charge in [0.05, 0.1) is 10.7 Å². The Morgan fingerprint density at radius 3 is 2.72 bits per heavy atom. The third-order valence-corrected chi connectivity index (χ3v) is 5.85. The molecule has 0 unspecified atom stereocenters. The van der Waals surface area contributed by atoms with Gasteiger partial charge in [-0.25, -0.2) is 4.98 Å². The molecule has 2 aromatic carbocycles. The number of nitrogens with zero attached hydrogens (tertiary/aromatic N) is 2. The van der Waals surface area contributed by atoms with E-state index >= 15 is 0 Å². The van der Waals surface area contributed by atoms with E-state index in [0.29, 0.717) is 12.2 Å². The second-order valence-corrected chi connectivity index (χ2v) is 8.41. The highest BCUT2D eigenvalue weighted by atomic mass is 32.1. The molecule has 4 rings (SSSR count). The number of nitrogens with one attached hydrogen (secondary N) is 1. The van der Waals surface area contributed by atoms with Gasteiger partial charge in [0.15, 0.2) is 0 Å². The summed E-state index contributed by atoms with van der Waals surface area (Å²) in [7, 11) is 0. The molecule has 2 heterocycles. The maximum Gasteiger partial charge on any atom is 0.251 e. The highest BCUT2D eigenvalue weighted by Gasteiger charge is 2.24. The zero-order chi connectivity index (χ0) is 20.1. The van der Waals surface area contributed by atoms with Gasteiger partial charge in [0.1, 0.15) is 12.4 Å². The molecule has 0 bridgehead atoms. The van der Waals surface area contributed by atoms with Crippen LogP contribution < -0.4 is 10.1 Å². The van der Waals surface area contributed by atoms with E-state index in [9.17, 15) is 4.79 Å². The molecule has 3 aromatic rings. The molecule has 1 saturated heterocycles. The maximum atomic E-state index is 12.6. The third-order valence-electron chi connectivity index (χ3n) is 5.03. The predicted octanol–water partition coefficient (Wildman–Crippen LogP) is 4.03. The van der Waals surface area contributed by atoms with Crippen molar-refractivity contribution in [1.29, 1.82) is 0 Å². The lowest BCUT2D eigenvalue weighted by molar-refractivity contribution is 0.0937. The lowest BCUT2D eigenvalue weighted by Gasteiger charge is -2.17. The Morgan fingerprint density at radius 1 is 1.21 bits per heavy atom. The summed E-state index contributed by atoms with van der Waals surface area (Å²) >= 11 is 1.61. The van der Waals surface area contributed by atoms with Crippen LogP contribution in [0.1, 0.15) is 33.0 Å². The molecule has 1 N–H and O–H groups in total. The van der Waals surface area contributed by atoms with Crippen molar-refractivity contribution in [1.82, 2.24) is 15.2 Å². The van der Waals surface area contributed by atoms with Crippen molar-refractivity contribution >= 4 is 17.2 Å². The van der Waals surface area contributed by atoms with Gasteiger partial charge in [-0.15, -0.1) is 11.3 Å². The Labute approximate surface area is 175 Å². The van der Waals surface area contributed by atoms with Crippen molar-refractivity contribution in [3.05, 3.63) is 81.8 Å². The number of likely N-dealkylation sites (tertiary alicyclic amines) is 1. The number of aromatic nitrogens is 1. The van der Waals surface area contributed by atoms with Gasteiger partial charge in [-0.3, -0.25) is 9.69 Å². The van der Waals surface area contributed by atoms with Crippen LogP contribution in [0.15, 0.2) is 60.0 Å². The Hall–Kier alpha value is -2.70. The lowest BCUT2D eigenvalue weighted by atomic mass is 10.2. The van der Waals surface area contributed by atoms with Crippen molar-refractivity contribution in [2.45, 2.75) is 32.5 Å². The number of ether oxygens (including phenoxy) is 1. The number of hydrogen-bond acceptors (Lipinski definition) is 5. The van der Waals surface area contributed by atoms with Gasteiger partial charge in [-0.1, -0.05) is 30.3 Å². The lowest BCUT2D eigenvalue weighted by Crippen LogP contribution is -2.36. The molecule has 0 spiro atoms. The van der Waals surface area contributed by atoms with Gasteiger partial charge in [-0.2, -0.15) is 0 Å². The number of carbonyl (C=O) groups excluding carboxylic acids is 1. The highest BCUT2D eigenvalue weighted by molar-refractivity contribution is 7.09. The van der Waals surface area contributed by atoms with E-state index < -0.39 is 0 Å². The molecular weight excluding hydrogens is 382 g/mol. The van der Waals surface area contributed by atoms with Crippen molar-refractivity contribution in [3.8, 4) is 5.75 Å². The first-order valence-electron chi connectivity index (χ1n) is 9.87. The van der Waals surface area contributed by atoms with Crippen molar-refractivity contribution in [3.63, 3.8) is 0 Å². The van der Waals surface area contributed by atoms with Crippen LogP contribution in [-0.2, 0) is 13.2 Å². The van der Waals surface area contributed by atoms with Gasteiger partial charge in [0.2, 0.25) is 0 Å². The van der Waals surface area contributed by atoms with Crippen LogP contribution in [0.5, 0.6) is 5.75 Å². The van der Waals surface area contributed by atoms with Crippen LogP contribution in [0.3, 0.4) is 0 Å². The molecule has 0 radical (unpaired) electrons. The quantitative estimate of drug-likeness (QED) is 0.642. The molecule has 5 nitrogen and oxygen atoms in total. The van der Waals surface area contributed by atoms with Crippen LogP contribution in [0.2, 0.25) is 0 Å². The number of aryl methyl sites for hydroxylation is 1. The molecule has 29 heavy (non-hydrogen) atoms. The summed E-state index contributed by atoms with van der Waals surface area (Å²) in [6, 6.07) is 17.9. The smallest absolute Gasteiger partial charge is 0.251 e. The summed E-state index contributed by atoms with van der Waals surface area (Å²) in [4.78, 5) is 19.4. The van der Waals surface area contributed by atoms with Crippen molar-refractivity contribution < 1.29 is 9.53 Å². The fraction of sp³-hybridized carbons (Fsp3) is 0.304. The largest absolute Gasteiger partial charge is 0.487 e. The third kappa shape index (κ3) is 5.43. The molecule has 1 fully saturated rings. The monoisotopic (exact) mass is 407 g/mol.